The second-order valence-corrected chi connectivity index (χ2v) is 15.7. The van der Waals surface area contributed by atoms with Crippen LogP contribution in [0.1, 0.15) is 79.0 Å². The molecule has 7 aromatic rings. The summed E-state index contributed by atoms with van der Waals surface area (Å²) in [5, 5.41) is 11.5. The molecule has 0 spiro atoms. The molecule has 49 heavy (non-hydrogen) atoms. The van der Waals surface area contributed by atoms with E-state index in [4.69, 9.17) is 19.7 Å². The Balaban J connectivity index is 0.00000417. The topological polar surface area (TPSA) is 77.5 Å². The van der Waals surface area contributed by atoms with E-state index in [2.05, 4.69) is 97.0 Å². The maximum Gasteiger partial charge on any atom is 0.223 e. The van der Waals surface area contributed by atoms with Gasteiger partial charge in [0.15, 0.2) is 5.65 Å². The van der Waals surface area contributed by atoms with Crippen LogP contribution in [0.2, 0.25) is 0 Å². The smallest absolute Gasteiger partial charge is 0.223 e. The van der Waals surface area contributed by atoms with Gasteiger partial charge >= 0.3 is 0 Å². The molecule has 3 aromatic carbocycles. The van der Waals surface area contributed by atoms with Crippen LogP contribution >= 0.6 is 0 Å². The number of rotatable bonds is 4. The molecule has 0 aliphatic rings. The summed E-state index contributed by atoms with van der Waals surface area (Å²) >= 11 is 0. The standard InChI is InChI=1S/C41H42N5O2.Pt/c1-39(2,3)25-18-19-31-33(24-25)46-32-20-21-35(44-37(32)45(38(46)43-31)27-14-11-10-12-15-27)48-34-17-13-16-30(42-34)28-22-26(40(4,5)6)23-29(36(28)47)41(7,8)9;/h10-14,16-24,47H,1-9H3;/q-1;. The Morgan fingerprint density at radius 2 is 1.41 bits per heavy atom. The minimum absolute atomic E-state index is 0. The summed E-state index contributed by atoms with van der Waals surface area (Å²) in [6.45, 7) is 19.5. The molecule has 0 radical (unpaired) electrons. The van der Waals surface area contributed by atoms with Crippen LogP contribution in [-0.4, -0.2) is 29.0 Å². The summed E-state index contributed by atoms with van der Waals surface area (Å²) in [7, 11) is 0. The number of pyridine rings is 2. The number of phenols is 1. The largest absolute Gasteiger partial charge is 0.507 e. The second-order valence-electron chi connectivity index (χ2n) is 15.7. The molecule has 0 aliphatic heterocycles. The Hall–Kier alpha value is -4.48. The number of imidazole rings is 2. The first kappa shape index (κ1) is 34.4. The average Bonchev–Trinajstić information content (AvgIpc) is 3.53. The minimum Gasteiger partial charge on any atom is -0.507 e. The van der Waals surface area contributed by atoms with E-state index in [1.165, 1.54) is 5.56 Å². The number of nitrogens with zero attached hydrogens (tertiary/aromatic N) is 5. The van der Waals surface area contributed by atoms with E-state index in [1.54, 1.807) is 0 Å². The van der Waals surface area contributed by atoms with Crippen LogP contribution in [0.3, 0.4) is 0 Å². The molecule has 7 rings (SSSR count). The number of hydrogen-bond acceptors (Lipinski definition) is 5. The summed E-state index contributed by atoms with van der Waals surface area (Å²) in [6.07, 6.45) is 0. The van der Waals surface area contributed by atoms with Crippen molar-refractivity contribution in [2.45, 2.75) is 78.6 Å². The van der Waals surface area contributed by atoms with Gasteiger partial charge in [-0.2, -0.15) is 29.2 Å². The molecule has 0 unspecified atom stereocenters. The predicted octanol–water partition coefficient (Wildman–Crippen LogP) is 10.1. The van der Waals surface area contributed by atoms with E-state index >= 15 is 0 Å². The van der Waals surface area contributed by atoms with Crippen molar-refractivity contribution in [2.75, 3.05) is 0 Å². The fourth-order valence-corrected chi connectivity index (χ4v) is 6.14. The summed E-state index contributed by atoms with van der Waals surface area (Å²) in [5.41, 5.74) is 8.55. The molecule has 0 fully saturated rings. The van der Waals surface area contributed by atoms with Crippen LogP contribution in [0.25, 0.3) is 44.9 Å². The number of para-hydroxylation sites is 1. The third kappa shape index (κ3) is 6.25. The van der Waals surface area contributed by atoms with Gasteiger partial charge in [-0.3, -0.25) is 8.97 Å². The number of phenolic OH excluding ortho intramolecular Hbond substituents is 1. The first-order chi connectivity index (χ1) is 22.6. The predicted molar refractivity (Wildman–Crippen MR) is 194 cm³/mol. The van der Waals surface area contributed by atoms with Gasteiger partial charge in [-0.15, -0.1) is 6.07 Å². The zero-order valence-electron chi connectivity index (χ0n) is 29.5. The zero-order chi connectivity index (χ0) is 34.2. The molecule has 0 bridgehead atoms. The average molecular weight is 832 g/mol. The van der Waals surface area contributed by atoms with Crippen LogP contribution in [-0.2, 0) is 37.3 Å². The Morgan fingerprint density at radius 1 is 0.673 bits per heavy atom. The molecule has 0 saturated heterocycles. The van der Waals surface area contributed by atoms with Crippen molar-refractivity contribution in [3.8, 4) is 34.5 Å². The second kappa shape index (κ2) is 12.1. The number of aromatic nitrogens is 5. The summed E-state index contributed by atoms with van der Waals surface area (Å²) in [5.74, 6) is 1.77. The van der Waals surface area contributed by atoms with Crippen molar-refractivity contribution < 1.29 is 30.9 Å². The first-order valence-corrected chi connectivity index (χ1v) is 16.4. The number of hydrogen-bond donors (Lipinski definition) is 1. The van der Waals surface area contributed by atoms with E-state index in [9.17, 15) is 5.11 Å². The molecule has 0 atom stereocenters. The van der Waals surface area contributed by atoms with Crippen LogP contribution in [0, 0.1) is 6.07 Å². The van der Waals surface area contributed by atoms with Gasteiger partial charge in [-0.1, -0.05) is 86.2 Å². The SMILES string of the molecule is CC(C)(C)c1cc(-c2cccc(Oc3ccc4c(n3)n(-c3[c-]cccc3)c3nc5ccc(C(C)(C)C)cc5n43)n2)c(O)c(C(C)(C)C)c1.[Pt]. The zero-order valence-corrected chi connectivity index (χ0v) is 31.8. The third-order valence-electron chi connectivity index (χ3n) is 8.91. The van der Waals surface area contributed by atoms with Gasteiger partial charge in [-0.25, -0.2) is 9.97 Å². The molecule has 7 nitrogen and oxygen atoms in total. The molecule has 1 N–H and O–H groups in total. The Kier molecular flexibility index (Phi) is 8.52. The minimum atomic E-state index is -0.252. The van der Waals surface area contributed by atoms with Crippen molar-refractivity contribution in [1.82, 2.24) is 23.9 Å². The third-order valence-corrected chi connectivity index (χ3v) is 8.91. The van der Waals surface area contributed by atoms with E-state index in [0.29, 0.717) is 28.7 Å². The Morgan fingerprint density at radius 3 is 2.08 bits per heavy atom. The van der Waals surface area contributed by atoms with Gasteiger partial charge in [0.1, 0.15) is 5.75 Å². The number of ether oxygens (including phenoxy) is 1. The quantitative estimate of drug-likeness (QED) is 0.179. The Labute approximate surface area is 302 Å². The molecule has 0 saturated carbocycles. The van der Waals surface area contributed by atoms with Crippen LogP contribution in [0.4, 0.5) is 0 Å². The molecule has 254 valence electrons. The Bertz CT molecular complexity index is 2340. The van der Waals surface area contributed by atoms with Gasteiger partial charge in [-0.05, 0) is 57.7 Å². The van der Waals surface area contributed by atoms with Crippen LogP contribution in [0.5, 0.6) is 17.5 Å². The normalized spacial score (nSPS) is 12.5. The van der Waals surface area contributed by atoms with Crippen LogP contribution in [0.15, 0.2) is 84.9 Å². The van der Waals surface area contributed by atoms with Gasteiger partial charge in [0.05, 0.1) is 22.2 Å². The number of aromatic hydroxyl groups is 1. The van der Waals surface area contributed by atoms with Crippen molar-refractivity contribution >= 4 is 28.0 Å². The van der Waals surface area contributed by atoms with Crippen molar-refractivity contribution in [1.29, 1.82) is 0 Å². The van der Waals surface area contributed by atoms with Crippen molar-refractivity contribution in [3.63, 3.8) is 0 Å². The number of benzene rings is 3. The first-order valence-electron chi connectivity index (χ1n) is 16.4. The van der Waals surface area contributed by atoms with Crippen molar-refractivity contribution in [3.05, 3.63) is 108 Å². The summed E-state index contributed by atoms with van der Waals surface area (Å²) in [6, 6.07) is 31.3. The molecule has 8 heteroatoms. The maximum absolute atomic E-state index is 11.5. The van der Waals surface area contributed by atoms with Gasteiger partial charge in [0.2, 0.25) is 17.5 Å². The van der Waals surface area contributed by atoms with E-state index in [1.807, 2.05) is 65.2 Å². The van der Waals surface area contributed by atoms with Gasteiger partial charge < -0.3 is 9.84 Å². The monoisotopic (exact) mass is 831 g/mol. The van der Waals surface area contributed by atoms with E-state index in [-0.39, 0.29) is 43.1 Å². The summed E-state index contributed by atoms with van der Waals surface area (Å²) in [4.78, 5) is 14.9. The summed E-state index contributed by atoms with van der Waals surface area (Å²) < 4.78 is 10.5. The fraction of sp³-hybridized carbons (Fsp3) is 0.293. The maximum atomic E-state index is 11.5. The molecule has 4 heterocycles. The van der Waals surface area contributed by atoms with Crippen molar-refractivity contribution in [2.24, 2.45) is 0 Å². The molecular formula is C41H42N5O2Pt-. The molecule has 0 amide bonds. The molecule has 0 aliphatic carbocycles. The fourth-order valence-electron chi connectivity index (χ4n) is 6.14. The molecule has 4 aromatic heterocycles. The van der Waals surface area contributed by atoms with Crippen LogP contribution < -0.4 is 4.74 Å². The van der Waals surface area contributed by atoms with Gasteiger partial charge in [0, 0.05) is 44.3 Å². The van der Waals surface area contributed by atoms with E-state index < -0.39 is 0 Å². The molecular weight excluding hydrogens is 790 g/mol. The number of fused-ring (bicyclic) bond motifs is 5. The van der Waals surface area contributed by atoms with Gasteiger partial charge in [0.25, 0.3) is 0 Å². The van der Waals surface area contributed by atoms with E-state index in [0.717, 1.165) is 39.1 Å².